The second kappa shape index (κ2) is 8.30. The van der Waals surface area contributed by atoms with Crippen LogP contribution in [0.4, 0.5) is 0 Å². The Kier molecular flexibility index (Phi) is 6.95. The Morgan fingerprint density at radius 3 is 2.35 bits per heavy atom. The monoisotopic (exact) mass is 233 g/mol. The first-order valence-electron chi connectivity index (χ1n) is 6.98. The van der Waals surface area contributed by atoms with Gasteiger partial charge in [0.05, 0.1) is 0 Å². The van der Waals surface area contributed by atoms with Gasteiger partial charge in [-0.15, -0.1) is 0 Å². The zero-order chi connectivity index (χ0) is 12.5. The Morgan fingerprint density at radius 1 is 1.06 bits per heavy atom. The summed E-state index contributed by atoms with van der Waals surface area (Å²) >= 11 is 0. The van der Waals surface area contributed by atoms with Gasteiger partial charge in [-0.25, -0.2) is 0 Å². The summed E-state index contributed by atoms with van der Waals surface area (Å²) < 4.78 is 0. The molecule has 0 aliphatic carbocycles. The van der Waals surface area contributed by atoms with Crippen LogP contribution < -0.4 is 5.32 Å². The van der Waals surface area contributed by atoms with Crippen molar-refractivity contribution in [2.24, 2.45) is 11.8 Å². The summed E-state index contributed by atoms with van der Waals surface area (Å²) in [5, 5.41) is 3.51. The molecule has 0 aromatic heterocycles. The number of benzene rings is 1. The third-order valence-corrected chi connectivity index (χ3v) is 3.40. The molecule has 1 heteroatoms. The molecule has 0 fully saturated rings. The topological polar surface area (TPSA) is 12.0 Å². The first kappa shape index (κ1) is 14.2. The highest BCUT2D eigenvalue weighted by atomic mass is 14.8. The molecule has 0 spiro atoms. The Balaban J connectivity index is 2.38. The van der Waals surface area contributed by atoms with Gasteiger partial charge in [-0.3, -0.25) is 0 Å². The minimum absolute atomic E-state index is 0.763. The maximum Gasteiger partial charge on any atom is -0.00461 e. The lowest BCUT2D eigenvalue weighted by molar-refractivity contribution is 0.350. The molecular formula is C16H27N. The molecule has 0 aliphatic heterocycles. The summed E-state index contributed by atoms with van der Waals surface area (Å²) in [7, 11) is 0. The molecule has 0 heterocycles. The second-order valence-electron chi connectivity index (χ2n) is 5.23. The Hall–Kier alpha value is -0.820. The molecule has 1 N–H and O–H groups in total. The average Bonchev–Trinajstić information content (AvgIpc) is 2.34. The zero-order valence-electron chi connectivity index (χ0n) is 11.6. The fourth-order valence-electron chi connectivity index (χ4n) is 2.18. The zero-order valence-corrected chi connectivity index (χ0v) is 11.6. The summed E-state index contributed by atoms with van der Waals surface area (Å²) in [6, 6.07) is 10.9. The molecule has 0 radical (unpaired) electrons. The van der Waals surface area contributed by atoms with Crippen LogP contribution in [0.5, 0.6) is 0 Å². The van der Waals surface area contributed by atoms with Gasteiger partial charge in [-0.05, 0) is 49.8 Å². The van der Waals surface area contributed by atoms with Gasteiger partial charge in [0, 0.05) is 0 Å². The van der Waals surface area contributed by atoms with Gasteiger partial charge >= 0.3 is 0 Å². The molecule has 1 atom stereocenters. The van der Waals surface area contributed by atoms with Crippen LogP contribution in [-0.2, 0) is 6.42 Å². The van der Waals surface area contributed by atoms with E-state index in [1.54, 1.807) is 0 Å². The fraction of sp³-hybridized carbons (Fsp3) is 0.625. The van der Waals surface area contributed by atoms with E-state index in [2.05, 4.69) is 56.4 Å². The van der Waals surface area contributed by atoms with E-state index >= 15 is 0 Å². The number of hydrogen-bond acceptors (Lipinski definition) is 1. The summed E-state index contributed by atoms with van der Waals surface area (Å²) in [6.45, 7) is 9.21. The van der Waals surface area contributed by atoms with E-state index in [1.165, 1.54) is 24.8 Å². The van der Waals surface area contributed by atoms with E-state index in [0.29, 0.717) is 0 Å². The summed E-state index contributed by atoms with van der Waals surface area (Å²) in [4.78, 5) is 0. The van der Waals surface area contributed by atoms with Crippen LogP contribution in [0.1, 0.15) is 39.2 Å². The van der Waals surface area contributed by atoms with Crippen molar-refractivity contribution in [1.82, 2.24) is 5.32 Å². The van der Waals surface area contributed by atoms with Gasteiger partial charge in [0.1, 0.15) is 0 Å². The molecule has 1 nitrogen and oxygen atoms in total. The van der Waals surface area contributed by atoms with E-state index in [9.17, 15) is 0 Å². The lowest BCUT2D eigenvalue weighted by Crippen LogP contribution is -2.22. The van der Waals surface area contributed by atoms with Crippen LogP contribution in [0, 0.1) is 11.8 Å². The maximum absolute atomic E-state index is 3.51. The summed E-state index contributed by atoms with van der Waals surface area (Å²) in [6.07, 6.45) is 3.73. The van der Waals surface area contributed by atoms with Crippen LogP contribution in [0.2, 0.25) is 0 Å². The minimum atomic E-state index is 0.763. The first-order chi connectivity index (χ1) is 8.24. The minimum Gasteiger partial charge on any atom is -0.317 e. The quantitative estimate of drug-likeness (QED) is 0.672. The van der Waals surface area contributed by atoms with E-state index < -0.39 is 0 Å². The van der Waals surface area contributed by atoms with Gasteiger partial charge in [0.25, 0.3) is 0 Å². The van der Waals surface area contributed by atoms with E-state index in [1.807, 2.05) is 0 Å². The van der Waals surface area contributed by atoms with Crippen molar-refractivity contribution in [1.29, 1.82) is 0 Å². The SMILES string of the molecule is CCCNCCC(Cc1ccccc1)C(C)C. The van der Waals surface area contributed by atoms with Gasteiger partial charge in [0.2, 0.25) is 0 Å². The van der Waals surface area contributed by atoms with Crippen molar-refractivity contribution in [2.45, 2.75) is 40.0 Å². The fourth-order valence-corrected chi connectivity index (χ4v) is 2.18. The van der Waals surface area contributed by atoms with Gasteiger partial charge in [0.15, 0.2) is 0 Å². The molecule has 1 aromatic rings. The summed E-state index contributed by atoms with van der Waals surface area (Å²) in [5.74, 6) is 1.56. The standard InChI is InChI=1S/C16H27N/c1-4-11-17-12-10-16(14(2)3)13-15-8-6-5-7-9-15/h5-9,14,16-17H,4,10-13H2,1-3H3. The Morgan fingerprint density at radius 2 is 1.76 bits per heavy atom. The molecule has 0 amide bonds. The molecular weight excluding hydrogens is 206 g/mol. The van der Waals surface area contributed by atoms with E-state index in [0.717, 1.165) is 24.9 Å². The third kappa shape index (κ3) is 5.88. The lowest BCUT2D eigenvalue weighted by atomic mass is 9.86. The molecule has 0 aliphatic rings. The maximum atomic E-state index is 3.51. The van der Waals surface area contributed by atoms with Crippen molar-refractivity contribution < 1.29 is 0 Å². The van der Waals surface area contributed by atoms with Crippen molar-refractivity contribution in [3.8, 4) is 0 Å². The van der Waals surface area contributed by atoms with Crippen LogP contribution in [0.3, 0.4) is 0 Å². The largest absolute Gasteiger partial charge is 0.317 e. The van der Waals surface area contributed by atoms with Crippen molar-refractivity contribution >= 4 is 0 Å². The van der Waals surface area contributed by atoms with Crippen molar-refractivity contribution in [3.05, 3.63) is 35.9 Å². The number of nitrogens with one attached hydrogen (secondary N) is 1. The first-order valence-corrected chi connectivity index (χ1v) is 6.98. The van der Waals surface area contributed by atoms with Crippen LogP contribution in [-0.4, -0.2) is 13.1 Å². The third-order valence-electron chi connectivity index (χ3n) is 3.40. The Labute approximate surface area is 107 Å². The predicted molar refractivity (Wildman–Crippen MR) is 76.3 cm³/mol. The highest BCUT2D eigenvalue weighted by molar-refractivity contribution is 5.15. The van der Waals surface area contributed by atoms with Gasteiger partial charge in [-0.1, -0.05) is 51.1 Å². The highest BCUT2D eigenvalue weighted by Gasteiger charge is 2.13. The second-order valence-corrected chi connectivity index (χ2v) is 5.23. The molecule has 0 saturated heterocycles. The van der Waals surface area contributed by atoms with Crippen LogP contribution in [0.25, 0.3) is 0 Å². The predicted octanol–water partition coefficient (Wildman–Crippen LogP) is 3.89. The lowest BCUT2D eigenvalue weighted by Gasteiger charge is -2.21. The highest BCUT2D eigenvalue weighted by Crippen LogP contribution is 2.20. The van der Waals surface area contributed by atoms with Gasteiger partial charge < -0.3 is 5.32 Å². The molecule has 0 saturated carbocycles. The number of hydrogen-bond donors (Lipinski definition) is 1. The van der Waals surface area contributed by atoms with Gasteiger partial charge in [-0.2, -0.15) is 0 Å². The van der Waals surface area contributed by atoms with Crippen molar-refractivity contribution in [3.63, 3.8) is 0 Å². The molecule has 1 unspecified atom stereocenters. The Bertz CT molecular complexity index is 279. The molecule has 17 heavy (non-hydrogen) atoms. The van der Waals surface area contributed by atoms with Crippen molar-refractivity contribution in [2.75, 3.05) is 13.1 Å². The molecule has 1 rings (SSSR count). The molecule has 1 aromatic carbocycles. The van der Waals surface area contributed by atoms with E-state index in [-0.39, 0.29) is 0 Å². The average molecular weight is 233 g/mol. The van der Waals surface area contributed by atoms with E-state index in [4.69, 9.17) is 0 Å². The molecule has 96 valence electrons. The number of rotatable bonds is 8. The smallest absolute Gasteiger partial charge is 0.00461 e. The molecule has 0 bridgehead atoms. The summed E-state index contributed by atoms with van der Waals surface area (Å²) in [5.41, 5.74) is 1.47. The van der Waals surface area contributed by atoms with Crippen LogP contribution in [0.15, 0.2) is 30.3 Å². The van der Waals surface area contributed by atoms with Crippen LogP contribution >= 0.6 is 0 Å². The normalized spacial score (nSPS) is 12.9.